The van der Waals surface area contributed by atoms with Crippen molar-refractivity contribution < 1.29 is 14.3 Å². The van der Waals surface area contributed by atoms with Gasteiger partial charge in [0.1, 0.15) is 12.1 Å². The molecule has 3 heterocycles. The first-order valence-electron chi connectivity index (χ1n) is 11.0. The first kappa shape index (κ1) is 20.6. The number of nitrogens with zero attached hydrogens (tertiary/aromatic N) is 2. The van der Waals surface area contributed by atoms with E-state index in [1.807, 2.05) is 48.5 Å². The second-order valence-electron chi connectivity index (χ2n) is 8.41. The molecule has 3 atom stereocenters. The lowest BCUT2D eigenvalue weighted by atomic mass is 10.1. The van der Waals surface area contributed by atoms with Gasteiger partial charge >= 0.3 is 0 Å². The minimum absolute atomic E-state index is 0.0660. The normalized spacial score (nSPS) is 22.8. The van der Waals surface area contributed by atoms with Crippen molar-refractivity contribution in [3.8, 4) is 0 Å². The molecule has 3 aromatic rings. The average Bonchev–Trinajstić information content (AvgIpc) is 3.27. The molecule has 0 saturated carbocycles. The summed E-state index contributed by atoms with van der Waals surface area (Å²) in [5.74, 6) is -0.164. The molecule has 32 heavy (non-hydrogen) atoms. The van der Waals surface area contributed by atoms with E-state index in [4.69, 9.17) is 4.74 Å². The molecule has 0 bridgehead atoms. The van der Waals surface area contributed by atoms with Crippen LogP contribution in [0, 0.1) is 0 Å². The topological polar surface area (TPSA) is 83.6 Å². The molecule has 2 aliphatic heterocycles. The van der Waals surface area contributed by atoms with Gasteiger partial charge in [-0.15, -0.1) is 0 Å². The second-order valence-corrected chi connectivity index (χ2v) is 8.41. The summed E-state index contributed by atoms with van der Waals surface area (Å²) in [5, 5.41) is 7.46. The van der Waals surface area contributed by atoms with E-state index in [1.165, 1.54) is 0 Å². The molecule has 2 saturated heterocycles. The van der Waals surface area contributed by atoms with Crippen molar-refractivity contribution >= 4 is 22.7 Å². The molecule has 2 aromatic carbocycles. The zero-order chi connectivity index (χ0) is 21.9. The number of amides is 2. The maximum atomic E-state index is 13.0. The Morgan fingerprint density at radius 3 is 2.81 bits per heavy atom. The number of aromatic nitrogens is 1. The lowest BCUT2D eigenvalue weighted by molar-refractivity contribution is -0.148. The highest BCUT2D eigenvalue weighted by Crippen LogP contribution is 2.23. The van der Waals surface area contributed by atoms with Crippen LogP contribution in [0.3, 0.4) is 0 Å². The number of piperazine rings is 1. The molecular weight excluding hydrogens is 404 g/mol. The Hall–Kier alpha value is -3.29. The number of hydrogen-bond acceptors (Lipinski definition) is 5. The van der Waals surface area contributed by atoms with Crippen LogP contribution in [0.4, 0.5) is 0 Å². The van der Waals surface area contributed by atoms with E-state index in [1.54, 1.807) is 11.1 Å². The largest absolute Gasteiger partial charge is 0.374 e. The smallest absolute Gasteiger partial charge is 0.248 e. The zero-order valence-electron chi connectivity index (χ0n) is 17.7. The third kappa shape index (κ3) is 4.35. The van der Waals surface area contributed by atoms with E-state index in [2.05, 4.69) is 27.8 Å². The fourth-order valence-electron chi connectivity index (χ4n) is 4.48. The number of fused-ring (bicyclic) bond motifs is 2. The van der Waals surface area contributed by atoms with Gasteiger partial charge in [0.05, 0.1) is 18.7 Å². The fraction of sp³-hybridized carbons (Fsp3) is 0.320. The van der Waals surface area contributed by atoms with E-state index in [-0.39, 0.29) is 24.5 Å². The van der Waals surface area contributed by atoms with Gasteiger partial charge in [0.15, 0.2) is 0 Å². The van der Waals surface area contributed by atoms with Crippen molar-refractivity contribution in [1.82, 2.24) is 20.5 Å². The summed E-state index contributed by atoms with van der Waals surface area (Å²) in [6.07, 6.45) is 2.40. The molecule has 2 N–H and O–H groups in total. The Labute approximate surface area is 186 Å². The molecule has 2 fully saturated rings. The number of nitrogens with one attached hydrogen (secondary N) is 2. The number of carbonyl (C=O) groups excluding carboxylic acids is 2. The summed E-state index contributed by atoms with van der Waals surface area (Å²) in [4.78, 5) is 31.7. The van der Waals surface area contributed by atoms with Crippen molar-refractivity contribution in [2.75, 3.05) is 13.2 Å². The van der Waals surface area contributed by atoms with Crippen molar-refractivity contribution in [1.29, 1.82) is 0 Å². The van der Waals surface area contributed by atoms with Crippen LogP contribution >= 0.6 is 0 Å². The van der Waals surface area contributed by atoms with E-state index >= 15 is 0 Å². The lowest BCUT2D eigenvalue weighted by Crippen LogP contribution is -2.62. The third-order valence-corrected chi connectivity index (χ3v) is 6.16. The van der Waals surface area contributed by atoms with E-state index < -0.39 is 12.1 Å². The summed E-state index contributed by atoms with van der Waals surface area (Å²) < 4.78 is 5.71. The Kier molecular flexibility index (Phi) is 5.83. The van der Waals surface area contributed by atoms with Crippen molar-refractivity contribution in [3.63, 3.8) is 0 Å². The summed E-state index contributed by atoms with van der Waals surface area (Å²) >= 11 is 0. The molecular formula is C25H26N4O3. The Morgan fingerprint density at radius 2 is 1.94 bits per heavy atom. The molecule has 5 rings (SSSR count). The van der Waals surface area contributed by atoms with Crippen molar-refractivity contribution in [2.45, 2.75) is 37.7 Å². The predicted octanol–water partition coefficient (Wildman–Crippen LogP) is 2.01. The van der Waals surface area contributed by atoms with E-state index in [9.17, 15) is 9.59 Å². The van der Waals surface area contributed by atoms with Crippen LogP contribution in [0.2, 0.25) is 0 Å². The van der Waals surface area contributed by atoms with Gasteiger partial charge in [-0.25, -0.2) is 0 Å². The molecule has 2 aliphatic rings. The lowest BCUT2D eigenvalue weighted by Gasteiger charge is -2.34. The summed E-state index contributed by atoms with van der Waals surface area (Å²) in [5.41, 5.74) is 3.16. The Balaban J connectivity index is 1.16. The zero-order valence-corrected chi connectivity index (χ0v) is 17.7. The number of rotatable bonds is 7. The van der Waals surface area contributed by atoms with Gasteiger partial charge in [0.2, 0.25) is 11.8 Å². The molecule has 7 nitrogen and oxygen atoms in total. The standard InChI is InChI=1S/C25H26N4O3/c30-24-23-12-20(27-13-18-8-9-21-19(11-18)7-4-10-26-21)14-29(23)25(31)22(28-24)16-32-15-17-5-2-1-3-6-17/h1-11,20,22-23,27H,12-16H2,(H,28,30)/t20-,22-,23-/m0/s1. The third-order valence-electron chi connectivity index (χ3n) is 6.16. The minimum Gasteiger partial charge on any atom is -0.374 e. The fourth-order valence-corrected chi connectivity index (χ4v) is 4.48. The van der Waals surface area contributed by atoms with Crippen LogP contribution in [0.5, 0.6) is 0 Å². The molecule has 2 amide bonds. The number of hydrogen-bond donors (Lipinski definition) is 2. The van der Waals surface area contributed by atoms with Crippen molar-refractivity contribution in [3.05, 3.63) is 78.0 Å². The van der Waals surface area contributed by atoms with Crippen LogP contribution in [-0.2, 0) is 27.5 Å². The SMILES string of the molecule is O=C1N[C@@H](COCc2ccccc2)C(=O)N2C[C@@H](NCc3ccc4ncccc4c3)C[C@@H]12. The molecule has 1 aromatic heterocycles. The van der Waals surface area contributed by atoms with Crippen molar-refractivity contribution in [2.24, 2.45) is 0 Å². The summed E-state index contributed by atoms with van der Waals surface area (Å²) in [7, 11) is 0. The Bertz CT molecular complexity index is 1120. The van der Waals surface area contributed by atoms with E-state index in [0.29, 0.717) is 26.1 Å². The summed E-state index contributed by atoms with van der Waals surface area (Å²) in [6, 6.07) is 19.0. The van der Waals surface area contributed by atoms with Gasteiger partial charge in [-0.1, -0.05) is 42.5 Å². The van der Waals surface area contributed by atoms with Gasteiger partial charge in [-0.2, -0.15) is 0 Å². The first-order valence-corrected chi connectivity index (χ1v) is 11.0. The second kappa shape index (κ2) is 9.06. The maximum absolute atomic E-state index is 13.0. The Morgan fingerprint density at radius 1 is 1.06 bits per heavy atom. The van der Waals surface area contributed by atoms with Gasteiger partial charge in [-0.05, 0) is 35.7 Å². The van der Waals surface area contributed by atoms with Gasteiger partial charge < -0.3 is 20.3 Å². The van der Waals surface area contributed by atoms with Gasteiger partial charge in [-0.3, -0.25) is 14.6 Å². The summed E-state index contributed by atoms with van der Waals surface area (Å²) in [6.45, 7) is 1.79. The number of benzene rings is 2. The highest BCUT2D eigenvalue weighted by atomic mass is 16.5. The van der Waals surface area contributed by atoms with Crippen LogP contribution in [0.25, 0.3) is 10.9 Å². The molecule has 0 unspecified atom stereocenters. The minimum atomic E-state index is -0.630. The number of ether oxygens (including phenoxy) is 1. The molecule has 0 spiro atoms. The molecule has 164 valence electrons. The monoisotopic (exact) mass is 430 g/mol. The predicted molar refractivity (Wildman–Crippen MR) is 121 cm³/mol. The number of pyridine rings is 1. The maximum Gasteiger partial charge on any atom is 0.248 e. The van der Waals surface area contributed by atoms with Gasteiger partial charge in [0.25, 0.3) is 0 Å². The quantitative estimate of drug-likeness (QED) is 0.599. The number of carbonyl (C=O) groups is 2. The van der Waals surface area contributed by atoms with Crippen LogP contribution in [-0.4, -0.2) is 53.0 Å². The molecule has 0 aliphatic carbocycles. The highest BCUT2D eigenvalue weighted by Gasteiger charge is 2.46. The van der Waals surface area contributed by atoms with Gasteiger partial charge in [0, 0.05) is 30.7 Å². The highest BCUT2D eigenvalue weighted by molar-refractivity contribution is 5.97. The first-order chi connectivity index (χ1) is 15.7. The van der Waals surface area contributed by atoms with Crippen LogP contribution < -0.4 is 10.6 Å². The van der Waals surface area contributed by atoms with Crippen LogP contribution in [0.1, 0.15) is 17.5 Å². The molecule has 0 radical (unpaired) electrons. The molecule has 7 heteroatoms. The average molecular weight is 431 g/mol. The van der Waals surface area contributed by atoms with E-state index in [0.717, 1.165) is 22.0 Å². The van der Waals surface area contributed by atoms with Crippen LogP contribution in [0.15, 0.2) is 66.9 Å².